The quantitative estimate of drug-likeness (QED) is 0.827. The second-order valence-corrected chi connectivity index (χ2v) is 4.16. The highest BCUT2D eigenvalue weighted by molar-refractivity contribution is 5.81. The van der Waals surface area contributed by atoms with Gasteiger partial charge < -0.3 is 10.6 Å². The van der Waals surface area contributed by atoms with Gasteiger partial charge in [-0.3, -0.25) is 4.79 Å². The van der Waals surface area contributed by atoms with Crippen molar-refractivity contribution >= 4 is 11.6 Å². The zero-order valence-electron chi connectivity index (χ0n) is 10.5. The largest absolute Gasteiger partial charge is 0.374 e. The van der Waals surface area contributed by atoms with Gasteiger partial charge in [0, 0.05) is 6.04 Å². The van der Waals surface area contributed by atoms with Gasteiger partial charge in [-0.15, -0.1) is 0 Å². The molecule has 1 aromatic rings. The van der Waals surface area contributed by atoms with Crippen LogP contribution in [0.1, 0.15) is 25.8 Å². The molecule has 0 aliphatic rings. The second kappa shape index (κ2) is 6.23. The van der Waals surface area contributed by atoms with Crippen LogP contribution in [0.25, 0.3) is 0 Å². The summed E-state index contributed by atoms with van der Waals surface area (Å²) in [7, 11) is 0. The lowest BCUT2D eigenvalue weighted by Crippen LogP contribution is -2.36. The number of halogens is 1. The Morgan fingerprint density at radius 3 is 2.76 bits per heavy atom. The lowest BCUT2D eigenvalue weighted by atomic mass is 10.2. The van der Waals surface area contributed by atoms with E-state index in [1.54, 1.807) is 19.1 Å². The van der Waals surface area contributed by atoms with E-state index in [1.165, 1.54) is 6.07 Å². The monoisotopic (exact) mass is 238 g/mol. The Bertz CT molecular complexity index is 373. The van der Waals surface area contributed by atoms with Crippen molar-refractivity contribution in [3.05, 3.63) is 29.6 Å². The zero-order chi connectivity index (χ0) is 12.8. The number of hydrogen-bond donors (Lipinski definition) is 2. The number of rotatable bonds is 5. The topological polar surface area (TPSA) is 41.1 Å². The first kappa shape index (κ1) is 13.5. The summed E-state index contributed by atoms with van der Waals surface area (Å²) in [6.07, 6.45) is 0.879. The Morgan fingerprint density at radius 1 is 1.47 bits per heavy atom. The molecule has 1 rings (SSSR count). The number of hydrogen-bond acceptors (Lipinski definition) is 2. The van der Waals surface area contributed by atoms with Gasteiger partial charge in [0.2, 0.25) is 5.91 Å². The molecular formula is C13H19FN2O. The lowest BCUT2D eigenvalue weighted by Gasteiger charge is -2.13. The Morgan fingerprint density at radius 2 is 2.18 bits per heavy atom. The van der Waals surface area contributed by atoms with Crippen molar-refractivity contribution in [3.8, 4) is 0 Å². The van der Waals surface area contributed by atoms with Crippen LogP contribution >= 0.6 is 0 Å². The van der Waals surface area contributed by atoms with Crippen molar-refractivity contribution in [1.82, 2.24) is 5.32 Å². The van der Waals surface area contributed by atoms with E-state index in [2.05, 4.69) is 10.6 Å². The Kier molecular flexibility index (Phi) is 4.94. The standard InChI is InChI=1S/C13H19FN2O/c1-4-10(3)16-12(17)8-15-13-9(2)6-5-7-11(13)14/h5-7,10,15H,4,8H2,1-3H3,(H,16,17). The minimum atomic E-state index is -0.332. The van der Waals surface area contributed by atoms with Crippen LogP contribution in [0.4, 0.5) is 10.1 Å². The molecule has 0 radical (unpaired) electrons. The summed E-state index contributed by atoms with van der Waals surface area (Å²) in [5.41, 5.74) is 1.19. The van der Waals surface area contributed by atoms with E-state index < -0.39 is 0 Å². The molecule has 2 N–H and O–H groups in total. The van der Waals surface area contributed by atoms with E-state index in [1.807, 2.05) is 13.8 Å². The van der Waals surface area contributed by atoms with E-state index >= 15 is 0 Å². The molecule has 4 heteroatoms. The highest BCUT2D eigenvalue weighted by Crippen LogP contribution is 2.17. The third-order valence-electron chi connectivity index (χ3n) is 2.67. The van der Waals surface area contributed by atoms with Crippen molar-refractivity contribution in [3.63, 3.8) is 0 Å². The Hall–Kier alpha value is -1.58. The summed E-state index contributed by atoms with van der Waals surface area (Å²) in [4.78, 5) is 11.5. The van der Waals surface area contributed by atoms with Gasteiger partial charge in [-0.1, -0.05) is 19.1 Å². The number of nitrogens with one attached hydrogen (secondary N) is 2. The molecule has 1 atom stereocenters. The minimum Gasteiger partial charge on any atom is -0.374 e. The Balaban J connectivity index is 2.53. The van der Waals surface area contributed by atoms with Crippen LogP contribution < -0.4 is 10.6 Å². The fourth-order valence-corrected chi connectivity index (χ4v) is 1.45. The lowest BCUT2D eigenvalue weighted by molar-refractivity contribution is -0.120. The molecule has 0 aliphatic carbocycles. The van der Waals surface area contributed by atoms with Gasteiger partial charge in [0.15, 0.2) is 0 Å². The summed E-state index contributed by atoms with van der Waals surface area (Å²) in [6, 6.07) is 4.97. The number of amides is 1. The van der Waals surface area contributed by atoms with Crippen molar-refractivity contribution in [2.24, 2.45) is 0 Å². The van der Waals surface area contributed by atoms with Crippen LogP contribution in [-0.2, 0) is 4.79 Å². The highest BCUT2D eigenvalue weighted by Gasteiger charge is 2.08. The normalized spacial score (nSPS) is 12.0. The number of benzene rings is 1. The van der Waals surface area contributed by atoms with E-state index in [0.717, 1.165) is 12.0 Å². The molecule has 0 aromatic heterocycles. The molecule has 0 bridgehead atoms. The van der Waals surface area contributed by atoms with Crippen molar-refractivity contribution < 1.29 is 9.18 Å². The Labute approximate surface area is 101 Å². The van der Waals surface area contributed by atoms with Gasteiger partial charge in [-0.05, 0) is 31.9 Å². The average Bonchev–Trinajstić information content (AvgIpc) is 2.28. The SMILES string of the molecule is CCC(C)NC(=O)CNc1c(C)cccc1F. The smallest absolute Gasteiger partial charge is 0.239 e. The number of para-hydroxylation sites is 1. The molecule has 17 heavy (non-hydrogen) atoms. The summed E-state index contributed by atoms with van der Waals surface area (Å²) in [5, 5.41) is 5.64. The molecular weight excluding hydrogens is 219 g/mol. The predicted molar refractivity (Wildman–Crippen MR) is 67.5 cm³/mol. The predicted octanol–water partition coefficient (Wildman–Crippen LogP) is 2.46. The van der Waals surface area contributed by atoms with E-state index in [4.69, 9.17) is 0 Å². The third kappa shape index (κ3) is 4.06. The molecule has 0 heterocycles. The maximum absolute atomic E-state index is 13.4. The third-order valence-corrected chi connectivity index (χ3v) is 2.67. The van der Waals surface area contributed by atoms with Crippen molar-refractivity contribution in [1.29, 1.82) is 0 Å². The fourth-order valence-electron chi connectivity index (χ4n) is 1.45. The van der Waals surface area contributed by atoms with Crippen molar-refractivity contribution in [2.45, 2.75) is 33.2 Å². The van der Waals surface area contributed by atoms with Gasteiger partial charge in [0.25, 0.3) is 0 Å². The van der Waals surface area contributed by atoms with Crippen LogP contribution in [0.2, 0.25) is 0 Å². The van der Waals surface area contributed by atoms with E-state index in [0.29, 0.717) is 5.69 Å². The number of carbonyl (C=O) groups is 1. The molecule has 0 saturated carbocycles. The number of aryl methyl sites for hydroxylation is 1. The average molecular weight is 238 g/mol. The van der Waals surface area contributed by atoms with Gasteiger partial charge in [-0.25, -0.2) is 4.39 Å². The summed E-state index contributed by atoms with van der Waals surface area (Å²) in [6.45, 7) is 5.83. The van der Waals surface area contributed by atoms with Gasteiger partial charge in [0.1, 0.15) is 5.82 Å². The minimum absolute atomic E-state index is 0.0894. The van der Waals surface area contributed by atoms with E-state index in [9.17, 15) is 9.18 Å². The molecule has 3 nitrogen and oxygen atoms in total. The van der Waals surface area contributed by atoms with E-state index in [-0.39, 0.29) is 24.3 Å². The first-order valence-electron chi connectivity index (χ1n) is 5.83. The second-order valence-electron chi connectivity index (χ2n) is 4.16. The summed E-state index contributed by atoms with van der Waals surface area (Å²) < 4.78 is 13.4. The van der Waals surface area contributed by atoms with Gasteiger partial charge >= 0.3 is 0 Å². The first-order valence-corrected chi connectivity index (χ1v) is 5.83. The molecule has 0 saturated heterocycles. The van der Waals surface area contributed by atoms with Crippen LogP contribution in [0, 0.1) is 12.7 Å². The zero-order valence-corrected chi connectivity index (χ0v) is 10.5. The molecule has 0 fully saturated rings. The molecule has 0 spiro atoms. The highest BCUT2D eigenvalue weighted by atomic mass is 19.1. The fraction of sp³-hybridized carbons (Fsp3) is 0.462. The molecule has 1 amide bonds. The van der Waals surface area contributed by atoms with Crippen LogP contribution in [0.3, 0.4) is 0 Å². The van der Waals surface area contributed by atoms with Crippen LogP contribution in [0.5, 0.6) is 0 Å². The van der Waals surface area contributed by atoms with Crippen molar-refractivity contribution in [2.75, 3.05) is 11.9 Å². The molecule has 1 unspecified atom stereocenters. The van der Waals surface area contributed by atoms with Gasteiger partial charge in [-0.2, -0.15) is 0 Å². The first-order chi connectivity index (χ1) is 8.04. The van der Waals surface area contributed by atoms with Crippen LogP contribution in [-0.4, -0.2) is 18.5 Å². The molecule has 0 aliphatic heterocycles. The number of carbonyl (C=O) groups excluding carboxylic acids is 1. The molecule has 1 aromatic carbocycles. The summed E-state index contributed by atoms with van der Waals surface area (Å²) >= 11 is 0. The molecule has 94 valence electrons. The van der Waals surface area contributed by atoms with Gasteiger partial charge in [0.05, 0.1) is 12.2 Å². The van der Waals surface area contributed by atoms with Crippen LogP contribution in [0.15, 0.2) is 18.2 Å². The maximum atomic E-state index is 13.4. The number of anilines is 1. The maximum Gasteiger partial charge on any atom is 0.239 e. The summed E-state index contributed by atoms with van der Waals surface area (Å²) in [5.74, 6) is -0.455.